The van der Waals surface area contributed by atoms with Crippen molar-refractivity contribution in [3.05, 3.63) is 9.66 Å². The van der Waals surface area contributed by atoms with Gasteiger partial charge in [0.05, 0.1) is 3.58 Å². The van der Waals surface area contributed by atoms with E-state index in [9.17, 15) is 9.59 Å². The van der Waals surface area contributed by atoms with Crippen LogP contribution in [0, 0.1) is 0 Å². The van der Waals surface area contributed by atoms with Crippen molar-refractivity contribution in [1.82, 2.24) is 4.90 Å². The SMILES string of the molecule is CN1C(=O)C=C(I)C1=O. The molecule has 0 aliphatic carbocycles. The van der Waals surface area contributed by atoms with Crippen LogP contribution in [-0.2, 0) is 9.59 Å². The van der Waals surface area contributed by atoms with Crippen LogP contribution < -0.4 is 0 Å². The molecular formula is C5H4INO2. The molecule has 0 aromatic carbocycles. The van der Waals surface area contributed by atoms with Crippen LogP contribution >= 0.6 is 22.6 Å². The molecule has 9 heavy (non-hydrogen) atoms. The van der Waals surface area contributed by atoms with Gasteiger partial charge in [-0.25, -0.2) is 0 Å². The predicted octanol–water partition coefficient (Wildman–Crippen LogP) is 0.304. The molecule has 3 nitrogen and oxygen atoms in total. The lowest BCUT2D eigenvalue weighted by Crippen LogP contribution is -2.25. The van der Waals surface area contributed by atoms with Gasteiger partial charge in [-0.2, -0.15) is 0 Å². The van der Waals surface area contributed by atoms with Gasteiger partial charge in [-0.1, -0.05) is 0 Å². The topological polar surface area (TPSA) is 37.4 Å². The molecule has 0 aromatic heterocycles. The van der Waals surface area contributed by atoms with Crippen LogP contribution in [0.1, 0.15) is 0 Å². The summed E-state index contributed by atoms with van der Waals surface area (Å²) in [6.45, 7) is 0. The fourth-order valence-corrected chi connectivity index (χ4v) is 1.16. The predicted molar refractivity (Wildman–Crippen MR) is 39.9 cm³/mol. The summed E-state index contributed by atoms with van der Waals surface area (Å²) in [5, 5.41) is 0. The Hall–Kier alpha value is -0.390. The number of amides is 2. The number of carbonyl (C=O) groups excluding carboxylic acids is 2. The quantitative estimate of drug-likeness (QED) is 0.449. The van der Waals surface area contributed by atoms with Crippen LogP contribution in [0.5, 0.6) is 0 Å². The minimum Gasteiger partial charge on any atom is -0.278 e. The summed E-state index contributed by atoms with van der Waals surface area (Å²) in [5.74, 6) is -0.440. The van der Waals surface area contributed by atoms with Crippen molar-refractivity contribution in [1.29, 1.82) is 0 Å². The smallest absolute Gasteiger partial charge is 0.266 e. The second-order valence-electron chi connectivity index (χ2n) is 1.69. The standard InChI is InChI=1S/C5H4INO2/c1-7-4(8)2-3(6)5(7)9/h2H,1H3. The second kappa shape index (κ2) is 2.09. The molecule has 0 N–H and O–H groups in total. The van der Waals surface area contributed by atoms with Gasteiger partial charge < -0.3 is 0 Å². The molecule has 0 spiro atoms. The van der Waals surface area contributed by atoms with Crippen molar-refractivity contribution in [2.24, 2.45) is 0 Å². The zero-order valence-corrected chi connectivity index (χ0v) is 6.88. The van der Waals surface area contributed by atoms with Gasteiger partial charge in [0.2, 0.25) is 0 Å². The van der Waals surface area contributed by atoms with E-state index in [1.807, 2.05) is 22.6 Å². The first-order valence-electron chi connectivity index (χ1n) is 2.32. The van der Waals surface area contributed by atoms with E-state index in [2.05, 4.69) is 0 Å². The minimum atomic E-state index is -0.232. The molecule has 0 aromatic rings. The number of likely N-dealkylation sites (N-methyl/N-ethyl adjacent to an activating group) is 1. The molecule has 0 unspecified atom stereocenters. The Balaban J connectivity index is 2.95. The molecule has 0 radical (unpaired) electrons. The van der Waals surface area contributed by atoms with Crippen molar-refractivity contribution >= 4 is 34.4 Å². The number of hydrogen-bond acceptors (Lipinski definition) is 2. The highest BCUT2D eigenvalue weighted by atomic mass is 127. The Bertz CT molecular complexity index is 209. The largest absolute Gasteiger partial charge is 0.278 e. The third-order valence-electron chi connectivity index (χ3n) is 1.09. The Morgan fingerprint density at radius 1 is 1.56 bits per heavy atom. The van der Waals surface area contributed by atoms with Gasteiger partial charge in [-0.3, -0.25) is 14.5 Å². The van der Waals surface area contributed by atoms with Gasteiger partial charge in [0.25, 0.3) is 11.8 Å². The lowest BCUT2D eigenvalue weighted by molar-refractivity contribution is -0.135. The average molecular weight is 237 g/mol. The molecule has 0 saturated carbocycles. The van der Waals surface area contributed by atoms with Crippen molar-refractivity contribution in [3.8, 4) is 0 Å². The Morgan fingerprint density at radius 2 is 2.11 bits per heavy atom. The van der Waals surface area contributed by atoms with E-state index in [4.69, 9.17) is 0 Å². The zero-order chi connectivity index (χ0) is 7.02. The summed E-state index contributed by atoms with van der Waals surface area (Å²) < 4.78 is 0.486. The van der Waals surface area contributed by atoms with Crippen molar-refractivity contribution in [2.45, 2.75) is 0 Å². The van der Waals surface area contributed by atoms with E-state index in [1.54, 1.807) is 0 Å². The number of carbonyl (C=O) groups is 2. The molecule has 1 rings (SSSR count). The van der Waals surface area contributed by atoms with Gasteiger partial charge in [-0.05, 0) is 22.6 Å². The van der Waals surface area contributed by atoms with Crippen molar-refractivity contribution in [2.75, 3.05) is 7.05 Å². The molecule has 2 amide bonds. The van der Waals surface area contributed by atoms with E-state index in [0.717, 1.165) is 4.90 Å². The van der Waals surface area contributed by atoms with E-state index >= 15 is 0 Å². The van der Waals surface area contributed by atoms with E-state index in [-0.39, 0.29) is 11.8 Å². The van der Waals surface area contributed by atoms with Crippen LogP contribution in [0.3, 0.4) is 0 Å². The highest BCUT2D eigenvalue weighted by Gasteiger charge is 2.24. The fourth-order valence-electron chi connectivity index (χ4n) is 0.527. The summed E-state index contributed by atoms with van der Waals surface area (Å²) >= 11 is 1.84. The summed E-state index contributed by atoms with van der Waals surface area (Å²) in [7, 11) is 1.47. The van der Waals surface area contributed by atoms with Crippen molar-refractivity contribution in [3.63, 3.8) is 0 Å². The lowest BCUT2D eigenvalue weighted by Gasteiger charge is -2.02. The molecular weight excluding hydrogens is 233 g/mol. The molecule has 48 valence electrons. The first-order valence-corrected chi connectivity index (χ1v) is 3.40. The molecule has 1 aliphatic rings. The van der Waals surface area contributed by atoms with Crippen LogP contribution in [-0.4, -0.2) is 23.8 Å². The minimum absolute atomic E-state index is 0.208. The number of hydrogen-bond donors (Lipinski definition) is 0. The van der Waals surface area contributed by atoms with Gasteiger partial charge in [0.1, 0.15) is 0 Å². The Morgan fingerprint density at radius 3 is 2.22 bits per heavy atom. The molecule has 1 aliphatic heterocycles. The number of imide groups is 1. The fraction of sp³-hybridized carbons (Fsp3) is 0.200. The van der Waals surface area contributed by atoms with Gasteiger partial charge in [0, 0.05) is 13.1 Å². The van der Waals surface area contributed by atoms with Crippen LogP contribution in [0.2, 0.25) is 0 Å². The third kappa shape index (κ3) is 0.983. The number of halogens is 1. The van der Waals surface area contributed by atoms with Crippen LogP contribution in [0.15, 0.2) is 9.66 Å². The Labute approximate surface area is 65.8 Å². The highest BCUT2D eigenvalue weighted by molar-refractivity contribution is 14.1. The van der Waals surface area contributed by atoms with Crippen LogP contribution in [0.25, 0.3) is 0 Å². The summed E-state index contributed by atoms with van der Waals surface area (Å²) in [6.07, 6.45) is 1.32. The average Bonchev–Trinajstić information content (AvgIpc) is 1.98. The first-order chi connectivity index (χ1) is 4.13. The molecule has 0 fully saturated rings. The van der Waals surface area contributed by atoms with Crippen molar-refractivity contribution < 1.29 is 9.59 Å². The van der Waals surface area contributed by atoms with Gasteiger partial charge in [0.15, 0.2) is 0 Å². The van der Waals surface area contributed by atoms with Gasteiger partial charge >= 0.3 is 0 Å². The maximum absolute atomic E-state index is 10.7. The van der Waals surface area contributed by atoms with E-state index in [0.29, 0.717) is 3.58 Å². The monoisotopic (exact) mass is 237 g/mol. The summed E-state index contributed by atoms with van der Waals surface area (Å²) in [5.41, 5.74) is 0. The molecule has 1 heterocycles. The molecule has 0 bridgehead atoms. The maximum atomic E-state index is 10.7. The van der Waals surface area contributed by atoms with Gasteiger partial charge in [-0.15, -0.1) is 0 Å². The normalized spacial score (nSPS) is 18.9. The first kappa shape index (κ1) is 6.73. The van der Waals surface area contributed by atoms with Crippen LogP contribution in [0.4, 0.5) is 0 Å². The number of rotatable bonds is 0. The molecule has 0 atom stereocenters. The highest BCUT2D eigenvalue weighted by Crippen LogP contribution is 2.16. The summed E-state index contributed by atoms with van der Waals surface area (Å²) in [6, 6.07) is 0. The maximum Gasteiger partial charge on any atom is 0.266 e. The second-order valence-corrected chi connectivity index (χ2v) is 2.86. The Kier molecular flexibility index (Phi) is 1.56. The lowest BCUT2D eigenvalue weighted by atomic mass is 10.6. The van der Waals surface area contributed by atoms with E-state index < -0.39 is 0 Å². The number of nitrogens with zero attached hydrogens (tertiary/aromatic N) is 1. The summed E-state index contributed by atoms with van der Waals surface area (Å²) in [4.78, 5) is 22.4. The third-order valence-corrected chi connectivity index (χ3v) is 1.86. The molecule has 4 heteroatoms. The van der Waals surface area contributed by atoms with E-state index in [1.165, 1.54) is 13.1 Å². The molecule has 0 saturated heterocycles. The zero-order valence-electron chi connectivity index (χ0n) is 4.72.